The van der Waals surface area contributed by atoms with Crippen LogP contribution in [0.3, 0.4) is 0 Å². The molecule has 37 heavy (non-hydrogen) atoms. The summed E-state index contributed by atoms with van der Waals surface area (Å²) in [7, 11) is 1.12. The van der Waals surface area contributed by atoms with Crippen molar-refractivity contribution in [1.29, 1.82) is 5.41 Å². The first-order valence-electron chi connectivity index (χ1n) is 10.7. The highest BCUT2D eigenvalue weighted by atomic mass is 19.4. The van der Waals surface area contributed by atoms with Crippen molar-refractivity contribution in [2.45, 2.75) is 32.3 Å². The molecule has 0 aliphatic rings. The van der Waals surface area contributed by atoms with E-state index >= 15 is 0 Å². The van der Waals surface area contributed by atoms with E-state index in [2.05, 4.69) is 5.32 Å². The van der Waals surface area contributed by atoms with Gasteiger partial charge >= 0.3 is 18.4 Å². The summed E-state index contributed by atoms with van der Waals surface area (Å²) in [6.07, 6.45) is -10.5. The Morgan fingerprint density at radius 1 is 1.08 bits per heavy atom. The molecule has 1 amide bonds. The molecule has 0 saturated heterocycles. The zero-order valence-corrected chi connectivity index (χ0v) is 19.9. The SMILES string of the molecule is CC(C)OCCN/C=C(\C=N)c1cc(C(F)(F)F)cc(C(F)(F)F)c1OC(=O)N(C)c1ccc(F)cc1. The molecule has 6 nitrogen and oxygen atoms in total. The molecule has 0 bridgehead atoms. The molecular weight excluding hydrogens is 511 g/mol. The number of amides is 1. The first kappa shape index (κ1) is 29.6. The highest BCUT2D eigenvalue weighted by Gasteiger charge is 2.41. The van der Waals surface area contributed by atoms with E-state index in [0.717, 1.165) is 42.4 Å². The molecule has 0 unspecified atom stereocenters. The minimum absolute atomic E-state index is 0.0445. The number of carbonyl (C=O) groups excluding carboxylic acids is 1. The van der Waals surface area contributed by atoms with Crippen LogP contribution >= 0.6 is 0 Å². The molecule has 0 aliphatic carbocycles. The summed E-state index contributed by atoms with van der Waals surface area (Å²) in [4.78, 5) is 13.4. The fourth-order valence-electron chi connectivity index (χ4n) is 2.99. The summed E-state index contributed by atoms with van der Waals surface area (Å²) in [6.45, 7) is 3.83. The Morgan fingerprint density at radius 3 is 2.22 bits per heavy atom. The van der Waals surface area contributed by atoms with E-state index in [9.17, 15) is 35.5 Å². The molecule has 202 valence electrons. The van der Waals surface area contributed by atoms with Crippen LogP contribution in [-0.2, 0) is 17.1 Å². The van der Waals surface area contributed by atoms with E-state index in [-0.39, 0.29) is 31.0 Å². The van der Waals surface area contributed by atoms with E-state index in [0.29, 0.717) is 12.3 Å². The van der Waals surface area contributed by atoms with Gasteiger partial charge in [-0.15, -0.1) is 0 Å². The van der Waals surface area contributed by atoms with Gasteiger partial charge in [0.25, 0.3) is 0 Å². The van der Waals surface area contributed by atoms with Crippen molar-refractivity contribution in [2.24, 2.45) is 0 Å². The Labute approximate surface area is 208 Å². The van der Waals surface area contributed by atoms with Crippen LogP contribution in [0, 0.1) is 11.2 Å². The van der Waals surface area contributed by atoms with Crippen molar-refractivity contribution in [3.8, 4) is 5.75 Å². The maximum Gasteiger partial charge on any atom is 0.420 e. The maximum absolute atomic E-state index is 13.9. The lowest BCUT2D eigenvalue weighted by molar-refractivity contribution is -0.143. The second-order valence-electron chi connectivity index (χ2n) is 7.92. The molecule has 0 saturated carbocycles. The van der Waals surface area contributed by atoms with E-state index < -0.39 is 52.3 Å². The van der Waals surface area contributed by atoms with Gasteiger partial charge in [0.1, 0.15) is 5.82 Å². The number of nitrogens with zero attached hydrogens (tertiary/aromatic N) is 1. The lowest BCUT2D eigenvalue weighted by Gasteiger charge is -2.22. The number of rotatable bonds is 9. The number of ether oxygens (including phenoxy) is 2. The van der Waals surface area contributed by atoms with Gasteiger partial charge in [0.2, 0.25) is 0 Å². The van der Waals surface area contributed by atoms with Crippen molar-refractivity contribution in [1.82, 2.24) is 5.32 Å². The predicted molar refractivity (Wildman–Crippen MR) is 123 cm³/mol. The molecule has 0 heterocycles. The van der Waals surface area contributed by atoms with Gasteiger partial charge < -0.3 is 20.2 Å². The van der Waals surface area contributed by atoms with Gasteiger partial charge in [0.05, 0.1) is 23.8 Å². The average molecular weight is 535 g/mol. The number of allylic oxidation sites excluding steroid dienone is 1. The molecule has 2 N–H and O–H groups in total. The third-order valence-corrected chi connectivity index (χ3v) is 4.82. The number of carbonyl (C=O) groups is 1. The maximum atomic E-state index is 13.9. The van der Waals surface area contributed by atoms with Crippen molar-refractivity contribution >= 4 is 23.6 Å². The zero-order valence-electron chi connectivity index (χ0n) is 19.9. The lowest BCUT2D eigenvalue weighted by atomic mass is 9.98. The highest BCUT2D eigenvalue weighted by molar-refractivity contribution is 6.10. The smallest absolute Gasteiger partial charge is 0.409 e. The molecule has 0 aromatic heterocycles. The van der Waals surface area contributed by atoms with Gasteiger partial charge in [-0.3, -0.25) is 4.90 Å². The van der Waals surface area contributed by atoms with Crippen LogP contribution in [0.1, 0.15) is 30.5 Å². The number of nitrogens with one attached hydrogen (secondary N) is 2. The Bertz CT molecular complexity index is 1130. The topological polar surface area (TPSA) is 74.6 Å². The Balaban J connectivity index is 2.60. The van der Waals surface area contributed by atoms with Crippen LogP contribution in [-0.4, -0.2) is 38.6 Å². The summed E-state index contributed by atoms with van der Waals surface area (Å²) in [5.41, 5.74) is -4.70. The fraction of sp³-hybridized carbons (Fsp3) is 0.333. The quantitative estimate of drug-likeness (QED) is 0.218. The van der Waals surface area contributed by atoms with E-state index in [1.165, 1.54) is 0 Å². The van der Waals surface area contributed by atoms with Gasteiger partial charge in [-0.05, 0) is 50.2 Å². The van der Waals surface area contributed by atoms with Crippen LogP contribution in [0.15, 0.2) is 42.6 Å². The minimum Gasteiger partial charge on any atom is -0.409 e. The standard InChI is InChI=1S/C24H24F7N3O3/c1-14(2)36-9-8-33-13-15(12-32)19-10-16(23(26,27)28)11-20(24(29,30)31)21(19)37-22(35)34(3)18-6-4-17(25)5-7-18/h4-7,10-14,32-33H,8-9H2,1-3H3/b15-13+,32-12?. The normalized spacial score (nSPS) is 12.5. The molecule has 0 aliphatic heterocycles. The molecule has 2 aromatic rings. The first-order valence-corrected chi connectivity index (χ1v) is 10.7. The number of benzene rings is 2. The third kappa shape index (κ3) is 8.20. The Kier molecular flexibility index (Phi) is 9.67. The van der Waals surface area contributed by atoms with Crippen molar-refractivity contribution in [3.05, 3.63) is 65.1 Å². The monoisotopic (exact) mass is 535 g/mol. The van der Waals surface area contributed by atoms with Gasteiger partial charge in [-0.1, -0.05) is 0 Å². The van der Waals surface area contributed by atoms with Crippen LogP contribution in [0.4, 0.5) is 41.2 Å². The Morgan fingerprint density at radius 2 is 1.70 bits per heavy atom. The number of halogens is 7. The van der Waals surface area contributed by atoms with Crippen LogP contribution in [0.5, 0.6) is 5.75 Å². The first-order chi connectivity index (χ1) is 17.1. The third-order valence-electron chi connectivity index (χ3n) is 4.82. The number of hydrogen-bond donors (Lipinski definition) is 2. The van der Waals surface area contributed by atoms with Crippen LogP contribution in [0.25, 0.3) is 5.57 Å². The molecular formula is C24H24F7N3O3. The van der Waals surface area contributed by atoms with E-state index in [4.69, 9.17) is 14.9 Å². The Hall–Kier alpha value is -3.61. The van der Waals surface area contributed by atoms with Crippen molar-refractivity contribution in [2.75, 3.05) is 25.1 Å². The summed E-state index contributed by atoms with van der Waals surface area (Å²) in [5.74, 6) is -1.86. The highest BCUT2D eigenvalue weighted by Crippen LogP contribution is 2.44. The average Bonchev–Trinajstić information content (AvgIpc) is 2.80. The molecule has 0 atom stereocenters. The second-order valence-corrected chi connectivity index (χ2v) is 7.92. The van der Waals surface area contributed by atoms with E-state index in [1.54, 1.807) is 13.8 Å². The van der Waals surface area contributed by atoms with Gasteiger partial charge in [0.15, 0.2) is 5.75 Å². The number of anilines is 1. The number of hydrogen-bond acceptors (Lipinski definition) is 5. The van der Waals surface area contributed by atoms with Crippen molar-refractivity contribution in [3.63, 3.8) is 0 Å². The van der Waals surface area contributed by atoms with E-state index in [1.807, 2.05) is 0 Å². The minimum atomic E-state index is -5.36. The lowest BCUT2D eigenvalue weighted by Crippen LogP contribution is -2.30. The van der Waals surface area contributed by atoms with Crippen molar-refractivity contribution < 1.29 is 45.0 Å². The largest absolute Gasteiger partial charge is 0.420 e. The molecule has 0 radical (unpaired) electrons. The number of alkyl halides is 6. The second kappa shape index (κ2) is 12.1. The summed E-state index contributed by atoms with van der Waals surface area (Å²) in [6, 6.07) is 4.49. The molecule has 0 fully saturated rings. The summed E-state index contributed by atoms with van der Waals surface area (Å²) < 4.78 is 106. The van der Waals surface area contributed by atoms with Gasteiger partial charge in [0, 0.05) is 42.8 Å². The zero-order chi connectivity index (χ0) is 28.0. The fourth-order valence-corrected chi connectivity index (χ4v) is 2.99. The summed E-state index contributed by atoms with van der Waals surface area (Å²) >= 11 is 0. The molecule has 13 heteroatoms. The molecule has 2 rings (SSSR count). The van der Waals surface area contributed by atoms with Crippen LogP contribution in [0.2, 0.25) is 0 Å². The van der Waals surface area contributed by atoms with Crippen LogP contribution < -0.4 is 15.0 Å². The van der Waals surface area contributed by atoms with Gasteiger partial charge in [-0.2, -0.15) is 26.3 Å². The van der Waals surface area contributed by atoms with Gasteiger partial charge in [-0.25, -0.2) is 9.18 Å². The molecule has 2 aromatic carbocycles. The predicted octanol–water partition coefficient (Wildman–Crippen LogP) is 6.50. The summed E-state index contributed by atoms with van der Waals surface area (Å²) in [5, 5.41) is 10.3. The molecule has 0 spiro atoms.